The van der Waals surface area contributed by atoms with Gasteiger partial charge in [-0.05, 0) is 31.0 Å². The van der Waals surface area contributed by atoms with Gasteiger partial charge in [0.05, 0.1) is 36.6 Å². The van der Waals surface area contributed by atoms with E-state index in [2.05, 4.69) is 11.8 Å². The number of nitrogens with zero attached hydrogens (tertiary/aromatic N) is 1. The van der Waals surface area contributed by atoms with E-state index in [0.29, 0.717) is 31.7 Å². The highest BCUT2D eigenvalue weighted by atomic mass is 16.6. The number of rotatable bonds is 9. The van der Waals surface area contributed by atoms with E-state index in [1.54, 1.807) is 52.7 Å². The van der Waals surface area contributed by atoms with Crippen molar-refractivity contribution in [3.05, 3.63) is 35.9 Å². The highest BCUT2D eigenvalue weighted by Crippen LogP contribution is 2.80. The Bertz CT molecular complexity index is 1330. The highest BCUT2D eigenvalue weighted by molar-refractivity contribution is 5.89. The molecule has 1 heterocycles. The zero-order chi connectivity index (χ0) is 32.1. The molecule has 7 bridgehead atoms. The Balaban J connectivity index is 1.50. The third-order valence-corrected chi connectivity index (χ3v) is 13.1. The summed E-state index contributed by atoms with van der Waals surface area (Å²) in [5, 5.41) is 24.8. The van der Waals surface area contributed by atoms with Crippen LogP contribution >= 0.6 is 0 Å². The minimum Gasteiger partial charge on any atom is -0.458 e. The largest absolute Gasteiger partial charge is 0.458 e. The Kier molecular flexibility index (Phi) is 7.48. The van der Waals surface area contributed by atoms with Gasteiger partial charge < -0.3 is 38.6 Å². The molecule has 45 heavy (non-hydrogen) atoms. The Morgan fingerprint density at radius 2 is 1.71 bits per heavy atom. The van der Waals surface area contributed by atoms with Crippen LogP contribution < -0.4 is 0 Å². The molecule has 2 N–H and O–H groups in total. The van der Waals surface area contributed by atoms with Crippen LogP contribution in [-0.2, 0) is 33.2 Å². The van der Waals surface area contributed by atoms with E-state index in [1.807, 2.05) is 6.07 Å². The van der Waals surface area contributed by atoms with Crippen LogP contribution in [0, 0.1) is 34.5 Å². The predicted molar refractivity (Wildman–Crippen MR) is 159 cm³/mol. The van der Waals surface area contributed by atoms with E-state index in [4.69, 9.17) is 28.4 Å². The molecule has 1 aromatic carbocycles. The number of fused-ring (bicyclic) bond motifs is 2. The number of carbonyl (C=O) groups is 2. The van der Waals surface area contributed by atoms with E-state index in [9.17, 15) is 19.8 Å². The number of aliphatic hydroxyl groups excluding tert-OH is 1. The highest BCUT2D eigenvalue weighted by Gasteiger charge is 2.90. The van der Waals surface area contributed by atoms with Gasteiger partial charge in [0.2, 0.25) is 0 Å². The van der Waals surface area contributed by atoms with Crippen molar-refractivity contribution < 1.29 is 48.2 Å². The normalized spacial score (nSPS) is 49.1. The summed E-state index contributed by atoms with van der Waals surface area (Å²) in [5.41, 5.74) is -3.74. The van der Waals surface area contributed by atoms with E-state index in [0.717, 1.165) is 0 Å². The Hall–Kier alpha value is -2.12. The van der Waals surface area contributed by atoms with Crippen LogP contribution in [0.1, 0.15) is 43.5 Å². The summed E-state index contributed by atoms with van der Waals surface area (Å²) < 4.78 is 37.9. The number of methoxy groups -OCH3 is 4. The quantitative estimate of drug-likeness (QED) is 0.387. The van der Waals surface area contributed by atoms with Crippen molar-refractivity contribution in [1.29, 1.82) is 0 Å². The van der Waals surface area contributed by atoms with Crippen molar-refractivity contribution in [2.75, 3.05) is 48.1 Å². The van der Waals surface area contributed by atoms with Crippen molar-refractivity contribution in [3.63, 3.8) is 0 Å². The number of hydrogen-bond acceptors (Lipinski definition) is 11. The van der Waals surface area contributed by atoms with Gasteiger partial charge in [-0.15, -0.1) is 0 Å². The molecule has 11 heteroatoms. The zero-order valence-electron chi connectivity index (χ0n) is 27.0. The fourth-order valence-corrected chi connectivity index (χ4v) is 12.2. The molecule has 11 nitrogen and oxygen atoms in total. The summed E-state index contributed by atoms with van der Waals surface area (Å²) in [6.07, 6.45) is -2.55. The van der Waals surface area contributed by atoms with Gasteiger partial charge >= 0.3 is 11.9 Å². The first kappa shape index (κ1) is 31.5. The molecule has 6 fully saturated rings. The fraction of sp³-hybridized carbons (Fsp3) is 0.765. The number of carbonyl (C=O) groups excluding carboxylic acids is 2. The third kappa shape index (κ3) is 3.72. The van der Waals surface area contributed by atoms with Crippen LogP contribution in [0.5, 0.6) is 0 Å². The maximum atomic E-state index is 13.7. The first-order valence-electron chi connectivity index (χ1n) is 16.2. The predicted octanol–water partition coefficient (Wildman–Crippen LogP) is 1.68. The van der Waals surface area contributed by atoms with Gasteiger partial charge in [-0.25, -0.2) is 4.79 Å². The monoisotopic (exact) mass is 629 g/mol. The van der Waals surface area contributed by atoms with Gasteiger partial charge in [0.1, 0.15) is 17.3 Å². The first-order valence-corrected chi connectivity index (χ1v) is 16.2. The third-order valence-electron chi connectivity index (χ3n) is 13.1. The van der Waals surface area contributed by atoms with Gasteiger partial charge in [0.25, 0.3) is 0 Å². The van der Waals surface area contributed by atoms with Crippen LogP contribution in [0.3, 0.4) is 0 Å². The maximum Gasteiger partial charge on any atom is 0.338 e. The Labute approximate surface area is 264 Å². The summed E-state index contributed by atoms with van der Waals surface area (Å²) in [6.45, 7) is 5.08. The summed E-state index contributed by atoms with van der Waals surface area (Å²) >= 11 is 0. The number of hydrogen-bond donors (Lipinski definition) is 2. The maximum absolute atomic E-state index is 13.7. The second-order valence-corrected chi connectivity index (χ2v) is 14.4. The lowest BCUT2D eigenvalue weighted by atomic mass is 9.42. The molecular formula is C34H47NO10. The van der Waals surface area contributed by atoms with E-state index in [1.165, 1.54) is 6.92 Å². The molecule has 6 aliphatic rings. The van der Waals surface area contributed by atoms with Crippen molar-refractivity contribution in [3.8, 4) is 0 Å². The second kappa shape index (κ2) is 10.7. The smallest absolute Gasteiger partial charge is 0.338 e. The summed E-state index contributed by atoms with van der Waals surface area (Å²) in [6, 6.07) is 8.56. The van der Waals surface area contributed by atoms with Crippen LogP contribution in [-0.4, -0.2) is 123 Å². The van der Waals surface area contributed by atoms with Crippen LogP contribution in [0.4, 0.5) is 0 Å². The molecule has 5 saturated carbocycles. The lowest BCUT2D eigenvalue weighted by molar-refractivity contribution is -0.300. The molecule has 1 saturated heterocycles. The fourth-order valence-electron chi connectivity index (χ4n) is 12.2. The van der Waals surface area contributed by atoms with E-state index >= 15 is 0 Å². The van der Waals surface area contributed by atoms with Crippen molar-refractivity contribution in [1.82, 2.24) is 4.90 Å². The molecule has 14 atom stereocenters. The van der Waals surface area contributed by atoms with Crippen molar-refractivity contribution in [2.45, 2.75) is 80.9 Å². The van der Waals surface area contributed by atoms with Crippen LogP contribution in [0.25, 0.3) is 0 Å². The molecule has 5 aliphatic carbocycles. The topological polar surface area (TPSA) is 133 Å². The minimum atomic E-state index is -1.55. The molecule has 0 aromatic heterocycles. The molecular weight excluding hydrogens is 582 g/mol. The summed E-state index contributed by atoms with van der Waals surface area (Å²) in [7, 11) is 6.58. The summed E-state index contributed by atoms with van der Waals surface area (Å²) in [4.78, 5) is 29.3. The SMILES string of the molecule is CCN1C[C@]2(COC)[C@H](O)C[C@H](OC)C34C1C([C@H](OC)[C@@H]32)[C@@]1(OC(C)=O)C[C@H](OC)[C@@]2(O)C[C@@H]4[C@@H]1[C@H]2OC(=O)c1ccccc1. The van der Waals surface area contributed by atoms with Crippen LogP contribution in [0.2, 0.25) is 0 Å². The number of aliphatic hydroxyl groups is 2. The molecule has 1 aliphatic heterocycles. The molecule has 1 aromatic rings. The molecule has 0 radical (unpaired) electrons. The van der Waals surface area contributed by atoms with Crippen molar-refractivity contribution >= 4 is 11.9 Å². The standard InChI is InChI=1S/C34H47NO10/c1-7-35-16-31(17-40-3)21(37)13-22(41-4)34-20-14-32(39)23(42-5)15-33(45-18(2)36,25(28(34)35)26(43-6)27(31)34)24(20)29(32)44-30(38)19-11-9-8-10-12-19/h8-12,20-29,37,39H,7,13-17H2,1-6H3/t20-,21-,22+,23+,24-,25?,26+,27-,28?,29-,31+,32+,33-,34?/m1/s1. The number of benzene rings is 1. The molecule has 7 rings (SSSR count). The average molecular weight is 630 g/mol. The van der Waals surface area contributed by atoms with Crippen LogP contribution in [0.15, 0.2) is 30.3 Å². The lowest BCUT2D eigenvalue weighted by Gasteiger charge is -2.70. The Morgan fingerprint density at radius 3 is 2.31 bits per heavy atom. The number of esters is 2. The molecule has 1 spiro atoms. The van der Waals surface area contributed by atoms with Gasteiger partial charge in [0, 0.05) is 89.4 Å². The van der Waals surface area contributed by atoms with Gasteiger partial charge in [0.15, 0.2) is 0 Å². The second-order valence-electron chi connectivity index (χ2n) is 14.4. The Morgan fingerprint density at radius 1 is 1.00 bits per heavy atom. The lowest BCUT2D eigenvalue weighted by Crippen LogP contribution is -2.79. The van der Waals surface area contributed by atoms with Crippen molar-refractivity contribution in [2.24, 2.45) is 34.5 Å². The number of piperidine rings is 1. The molecule has 248 valence electrons. The molecule has 0 amide bonds. The number of likely N-dealkylation sites (tertiary alicyclic amines) is 1. The minimum absolute atomic E-state index is 0.163. The first-order chi connectivity index (χ1) is 21.5. The van der Waals surface area contributed by atoms with Gasteiger partial charge in [-0.3, -0.25) is 9.69 Å². The van der Waals surface area contributed by atoms with Gasteiger partial charge in [-0.1, -0.05) is 25.1 Å². The van der Waals surface area contributed by atoms with E-state index < -0.39 is 76.3 Å². The van der Waals surface area contributed by atoms with E-state index in [-0.39, 0.29) is 30.7 Å². The number of ether oxygens (including phenoxy) is 6. The zero-order valence-corrected chi connectivity index (χ0v) is 27.0. The summed E-state index contributed by atoms with van der Waals surface area (Å²) in [5.74, 6) is -2.55. The van der Waals surface area contributed by atoms with Gasteiger partial charge in [-0.2, -0.15) is 0 Å². The average Bonchev–Trinajstić information content (AvgIpc) is 3.40. The molecule has 3 unspecified atom stereocenters.